The SMILES string of the molecule is C[C@@H]1C(=O)NCCN1C(=O)NC(c1ccc(F)c(Cl)c1F)C1CC2(C1)CC2(F)F. The van der Waals surface area contributed by atoms with E-state index in [0.29, 0.717) is 0 Å². The van der Waals surface area contributed by atoms with Crippen molar-refractivity contribution in [3.8, 4) is 0 Å². The summed E-state index contributed by atoms with van der Waals surface area (Å²) < 4.78 is 55.5. The molecular weight excluding hydrogens is 414 g/mol. The number of amides is 3. The molecule has 0 aromatic heterocycles. The molecule has 2 saturated carbocycles. The summed E-state index contributed by atoms with van der Waals surface area (Å²) in [6, 6.07) is -0.145. The van der Waals surface area contributed by atoms with Gasteiger partial charge in [0.15, 0.2) is 0 Å². The Balaban J connectivity index is 1.59. The van der Waals surface area contributed by atoms with Crippen molar-refractivity contribution < 1.29 is 27.2 Å². The molecule has 1 aromatic rings. The Morgan fingerprint density at radius 3 is 2.62 bits per heavy atom. The average molecular weight is 434 g/mol. The van der Waals surface area contributed by atoms with Crippen LogP contribution in [0.2, 0.25) is 5.02 Å². The van der Waals surface area contributed by atoms with E-state index in [9.17, 15) is 27.2 Å². The molecule has 1 heterocycles. The molecule has 1 aromatic carbocycles. The summed E-state index contributed by atoms with van der Waals surface area (Å²) in [5.74, 6) is -5.48. The number of piperazine rings is 1. The molecule has 2 N–H and O–H groups in total. The highest BCUT2D eigenvalue weighted by molar-refractivity contribution is 6.31. The molecule has 5 nitrogen and oxygen atoms in total. The van der Waals surface area contributed by atoms with Crippen LogP contribution >= 0.6 is 11.6 Å². The van der Waals surface area contributed by atoms with Gasteiger partial charge in [0, 0.05) is 30.5 Å². The minimum Gasteiger partial charge on any atom is -0.353 e. The largest absolute Gasteiger partial charge is 0.353 e. The lowest BCUT2D eigenvalue weighted by atomic mass is 9.66. The van der Waals surface area contributed by atoms with Crippen LogP contribution in [0.15, 0.2) is 12.1 Å². The minimum absolute atomic E-state index is 0.0531. The summed E-state index contributed by atoms with van der Waals surface area (Å²) in [5.41, 5.74) is -1.14. The van der Waals surface area contributed by atoms with E-state index in [1.165, 1.54) is 11.0 Å². The van der Waals surface area contributed by atoms with Crippen molar-refractivity contribution in [2.45, 2.75) is 44.2 Å². The van der Waals surface area contributed by atoms with Gasteiger partial charge in [0.2, 0.25) is 5.91 Å². The summed E-state index contributed by atoms with van der Waals surface area (Å²) in [7, 11) is 0. The monoisotopic (exact) mass is 433 g/mol. The van der Waals surface area contributed by atoms with E-state index in [1.807, 2.05) is 0 Å². The smallest absolute Gasteiger partial charge is 0.318 e. The van der Waals surface area contributed by atoms with Crippen molar-refractivity contribution in [2.75, 3.05) is 13.1 Å². The van der Waals surface area contributed by atoms with E-state index >= 15 is 0 Å². The van der Waals surface area contributed by atoms with E-state index in [-0.39, 0.29) is 43.8 Å². The van der Waals surface area contributed by atoms with E-state index in [1.54, 1.807) is 6.92 Å². The number of benzene rings is 1. The van der Waals surface area contributed by atoms with Crippen molar-refractivity contribution in [2.24, 2.45) is 11.3 Å². The molecular formula is C19H20ClF4N3O2. The van der Waals surface area contributed by atoms with Gasteiger partial charge in [-0.3, -0.25) is 4.79 Å². The third kappa shape index (κ3) is 3.23. The molecule has 1 saturated heterocycles. The molecule has 1 aliphatic heterocycles. The third-order valence-corrected chi connectivity index (χ3v) is 6.77. The molecule has 29 heavy (non-hydrogen) atoms. The minimum atomic E-state index is -2.74. The maximum Gasteiger partial charge on any atom is 0.318 e. The van der Waals surface area contributed by atoms with Gasteiger partial charge in [-0.15, -0.1) is 0 Å². The number of carbonyl (C=O) groups excluding carboxylic acids is 2. The first-order chi connectivity index (χ1) is 13.6. The zero-order valence-corrected chi connectivity index (χ0v) is 16.3. The first-order valence-corrected chi connectivity index (χ1v) is 9.80. The van der Waals surface area contributed by atoms with E-state index < -0.39 is 52.0 Å². The summed E-state index contributed by atoms with van der Waals surface area (Å²) in [6.45, 7) is 2.09. The molecule has 1 unspecified atom stereocenters. The standard InChI is InChI=1S/C19H20ClF4N3O2/c1-9-16(28)25-4-5-27(9)17(29)26-15(10-6-18(7-10)8-19(18,23)24)11-2-3-12(21)13(20)14(11)22/h2-3,9-10,15H,4-8H2,1H3,(H,25,28)(H,26,29)/t9-,10?,15?,18?/m1/s1. The Morgan fingerprint density at radius 1 is 1.34 bits per heavy atom. The second-order valence-corrected chi connectivity index (χ2v) is 8.56. The fourth-order valence-electron chi connectivity index (χ4n) is 4.51. The van der Waals surface area contributed by atoms with Gasteiger partial charge in [0.05, 0.1) is 6.04 Å². The predicted molar refractivity (Wildman–Crippen MR) is 96.5 cm³/mol. The molecule has 158 valence electrons. The van der Waals surface area contributed by atoms with Crippen LogP contribution < -0.4 is 10.6 Å². The van der Waals surface area contributed by atoms with Crippen molar-refractivity contribution >= 4 is 23.5 Å². The average Bonchev–Trinajstić information content (AvgIpc) is 3.22. The van der Waals surface area contributed by atoms with Crippen molar-refractivity contribution in [3.05, 3.63) is 34.4 Å². The van der Waals surface area contributed by atoms with Crippen LogP contribution in [-0.2, 0) is 4.79 Å². The third-order valence-electron chi connectivity index (χ3n) is 6.43. The molecule has 10 heteroatoms. The van der Waals surface area contributed by atoms with Gasteiger partial charge in [-0.25, -0.2) is 22.4 Å². The fourth-order valence-corrected chi connectivity index (χ4v) is 4.68. The van der Waals surface area contributed by atoms with Crippen molar-refractivity contribution in [3.63, 3.8) is 0 Å². The second kappa shape index (κ2) is 6.75. The molecule has 4 rings (SSSR count). The van der Waals surface area contributed by atoms with Crippen molar-refractivity contribution in [1.29, 1.82) is 0 Å². The van der Waals surface area contributed by atoms with Crippen LogP contribution in [0.5, 0.6) is 0 Å². The number of urea groups is 1. The summed E-state index contributed by atoms with van der Waals surface area (Å²) >= 11 is 5.69. The van der Waals surface area contributed by atoms with Crippen molar-refractivity contribution in [1.82, 2.24) is 15.5 Å². The molecule has 3 fully saturated rings. The van der Waals surface area contributed by atoms with Gasteiger partial charge in [0.1, 0.15) is 22.7 Å². The zero-order valence-electron chi connectivity index (χ0n) is 15.6. The Bertz CT molecular complexity index is 875. The van der Waals surface area contributed by atoms with E-state index in [0.717, 1.165) is 6.07 Å². The number of carbonyl (C=O) groups is 2. The topological polar surface area (TPSA) is 61.4 Å². The Hall–Kier alpha value is -2.03. The first-order valence-electron chi connectivity index (χ1n) is 9.42. The van der Waals surface area contributed by atoms with E-state index in [2.05, 4.69) is 10.6 Å². The van der Waals surface area contributed by atoms with Gasteiger partial charge in [-0.05, 0) is 31.7 Å². The maximum atomic E-state index is 14.7. The normalized spacial score (nSPS) is 31.1. The van der Waals surface area contributed by atoms with E-state index in [4.69, 9.17) is 11.6 Å². The lowest BCUT2D eigenvalue weighted by molar-refractivity contribution is -0.127. The van der Waals surface area contributed by atoms with Gasteiger partial charge in [0.25, 0.3) is 5.92 Å². The second-order valence-electron chi connectivity index (χ2n) is 8.18. The molecule has 2 aliphatic carbocycles. The molecule has 0 radical (unpaired) electrons. The van der Waals surface area contributed by atoms with Crippen LogP contribution in [0, 0.1) is 23.0 Å². The number of hydrogen-bond donors (Lipinski definition) is 2. The maximum absolute atomic E-state index is 14.7. The number of nitrogens with zero attached hydrogens (tertiary/aromatic N) is 1. The molecule has 3 amide bonds. The van der Waals surface area contributed by atoms with Gasteiger partial charge < -0.3 is 15.5 Å². The molecule has 2 atom stereocenters. The number of halogens is 5. The quantitative estimate of drug-likeness (QED) is 0.565. The van der Waals surface area contributed by atoms with Crippen LogP contribution in [0.3, 0.4) is 0 Å². The Labute approximate surface area is 169 Å². The van der Waals surface area contributed by atoms with Gasteiger partial charge in [-0.2, -0.15) is 0 Å². The summed E-state index contributed by atoms with van der Waals surface area (Å²) in [4.78, 5) is 25.9. The van der Waals surface area contributed by atoms with Crippen LogP contribution in [0.25, 0.3) is 0 Å². The highest BCUT2D eigenvalue weighted by Gasteiger charge is 2.76. The highest BCUT2D eigenvalue weighted by atomic mass is 35.5. The number of alkyl halides is 2. The Morgan fingerprint density at radius 2 is 2.00 bits per heavy atom. The predicted octanol–water partition coefficient (Wildman–Crippen LogP) is 3.62. The highest BCUT2D eigenvalue weighted by Crippen LogP contribution is 2.74. The fraction of sp³-hybridized carbons (Fsp3) is 0.579. The molecule has 1 spiro atoms. The number of nitrogens with one attached hydrogen (secondary N) is 2. The van der Waals surface area contributed by atoms with Gasteiger partial charge in [-0.1, -0.05) is 17.7 Å². The zero-order chi connectivity index (χ0) is 21.1. The number of rotatable bonds is 3. The van der Waals surface area contributed by atoms with Crippen LogP contribution in [0.1, 0.15) is 37.8 Å². The molecule has 3 aliphatic rings. The summed E-state index contributed by atoms with van der Waals surface area (Å²) in [5, 5.41) is 4.60. The van der Waals surface area contributed by atoms with Gasteiger partial charge >= 0.3 is 6.03 Å². The summed E-state index contributed by atoms with van der Waals surface area (Å²) in [6.07, 6.45) is 0.0258. The number of hydrogen-bond acceptors (Lipinski definition) is 2. The first kappa shape index (κ1) is 20.3. The lowest BCUT2D eigenvalue weighted by Gasteiger charge is -2.43. The van der Waals surface area contributed by atoms with Crippen LogP contribution in [0.4, 0.5) is 22.4 Å². The Kier molecular flexibility index (Phi) is 4.72. The lowest BCUT2D eigenvalue weighted by Crippen LogP contribution is -2.59. The van der Waals surface area contributed by atoms with Crippen LogP contribution in [-0.4, -0.2) is 41.9 Å². The molecule has 0 bridgehead atoms.